The Morgan fingerprint density at radius 1 is 0.941 bits per heavy atom. The highest BCUT2D eigenvalue weighted by molar-refractivity contribution is 7.92. The van der Waals surface area contributed by atoms with Crippen molar-refractivity contribution in [3.8, 4) is 0 Å². The van der Waals surface area contributed by atoms with Gasteiger partial charge in [0.05, 0.1) is 11.0 Å². The van der Waals surface area contributed by atoms with Gasteiger partial charge in [0.25, 0.3) is 10.0 Å². The zero-order chi connectivity index (χ0) is 24.0. The van der Waals surface area contributed by atoms with Gasteiger partial charge < -0.3 is 16.2 Å². The van der Waals surface area contributed by atoms with E-state index in [-0.39, 0.29) is 4.90 Å². The lowest BCUT2D eigenvalue weighted by atomic mass is 10.1. The number of aromatic nitrogens is 1. The molecule has 1 heterocycles. The number of anilines is 2. The molecule has 0 saturated heterocycles. The van der Waals surface area contributed by atoms with Gasteiger partial charge in [-0.2, -0.15) is 0 Å². The molecule has 0 saturated carbocycles. The Morgan fingerprint density at radius 3 is 2.44 bits per heavy atom. The first kappa shape index (κ1) is 23.7. The van der Waals surface area contributed by atoms with Crippen LogP contribution in [0.15, 0.2) is 90.0 Å². The Balaban J connectivity index is 1.25. The van der Waals surface area contributed by atoms with Crippen LogP contribution >= 0.6 is 0 Å². The molecule has 0 aliphatic carbocycles. The molecule has 176 valence electrons. The number of aliphatic hydroxyl groups excluding tert-OH is 1. The van der Waals surface area contributed by atoms with Crippen LogP contribution in [-0.4, -0.2) is 31.6 Å². The van der Waals surface area contributed by atoms with Crippen LogP contribution in [0.3, 0.4) is 0 Å². The van der Waals surface area contributed by atoms with Crippen molar-refractivity contribution in [1.82, 2.24) is 10.3 Å². The van der Waals surface area contributed by atoms with Crippen molar-refractivity contribution in [1.29, 1.82) is 0 Å². The second-order valence-corrected chi connectivity index (χ2v) is 9.83. The van der Waals surface area contributed by atoms with Crippen molar-refractivity contribution >= 4 is 32.3 Å². The molecule has 3 aromatic carbocycles. The summed E-state index contributed by atoms with van der Waals surface area (Å²) in [5.74, 6) is 0.427. The van der Waals surface area contributed by atoms with Gasteiger partial charge in [-0.1, -0.05) is 48.5 Å². The second-order valence-electron chi connectivity index (χ2n) is 8.15. The lowest BCUT2D eigenvalue weighted by molar-refractivity contribution is 0.174. The molecule has 1 unspecified atom stereocenters. The SMILES string of the molecule is Nc1ccc(C(O)CNCCCc2ccc(NS(=O)(=O)c3ccc4ccccc4c3)cc2)cn1. The monoisotopic (exact) mass is 476 g/mol. The molecular formula is C26H28N4O3S. The molecule has 0 amide bonds. The largest absolute Gasteiger partial charge is 0.387 e. The van der Waals surface area contributed by atoms with E-state index in [4.69, 9.17) is 5.73 Å². The number of sulfonamides is 1. The van der Waals surface area contributed by atoms with E-state index in [2.05, 4.69) is 15.0 Å². The highest BCUT2D eigenvalue weighted by Gasteiger charge is 2.14. The predicted octanol–water partition coefficient (Wildman–Crippen LogP) is 3.87. The van der Waals surface area contributed by atoms with E-state index in [1.165, 1.54) is 0 Å². The number of hydrogen-bond donors (Lipinski definition) is 4. The van der Waals surface area contributed by atoms with E-state index in [1.807, 2.05) is 42.5 Å². The smallest absolute Gasteiger partial charge is 0.261 e. The van der Waals surface area contributed by atoms with Crippen molar-refractivity contribution in [2.45, 2.75) is 23.8 Å². The summed E-state index contributed by atoms with van der Waals surface area (Å²) in [5.41, 5.74) is 7.92. The maximum Gasteiger partial charge on any atom is 0.261 e. The number of aliphatic hydroxyl groups is 1. The normalized spacial score (nSPS) is 12.5. The molecule has 0 spiro atoms. The Morgan fingerprint density at radius 2 is 1.71 bits per heavy atom. The molecule has 0 bridgehead atoms. The van der Waals surface area contributed by atoms with Crippen LogP contribution in [-0.2, 0) is 16.4 Å². The van der Waals surface area contributed by atoms with Gasteiger partial charge in [0.1, 0.15) is 5.82 Å². The molecule has 1 aromatic heterocycles. The first-order chi connectivity index (χ1) is 16.4. The molecule has 4 aromatic rings. The minimum Gasteiger partial charge on any atom is -0.387 e. The van der Waals surface area contributed by atoms with Gasteiger partial charge in [-0.3, -0.25) is 4.72 Å². The fourth-order valence-electron chi connectivity index (χ4n) is 3.68. The lowest BCUT2D eigenvalue weighted by Gasteiger charge is -2.12. The molecule has 1 atom stereocenters. The van der Waals surface area contributed by atoms with Crippen molar-refractivity contribution in [2.75, 3.05) is 23.5 Å². The van der Waals surface area contributed by atoms with Crippen molar-refractivity contribution < 1.29 is 13.5 Å². The van der Waals surface area contributed by atoms with Crippen molar-refractivity contribution in [3.63, 3.8) is 0 Å². The molecule has 5 N–H and O–H groups in total. The summed E-state index contributed by atoms with van der Waals surface area (Å²) in [6.07, 6.45) is 2.67. The summed E-state index contributed by atoms with van der Waals surface area (Å²) in [7, 11) is -3.67. The minimum atomic E-state index is -3.67. The molecule has 8 heteroatoms. The summed E-state index contributed by atoms with van der Waals surface area (Å²) >= 11 is 0. The third-order valence-corrected chi connectivity index (χ3v) is 6.97. The lowest BCUT2D eigenvalue weighted by Crippen LogP contribution is -2.23. The molecule has 0 aliphatic rings. The summed E-state index contributed by atoms with van der Waals surface area (Å²) in [4.78, 5) is 4.22. The van der Waals surface area contributed by atoms with Gasteiger partial charge in [-0.05, 0) is 66.1 Å². The predicted molar refractivity (Wildman–Crippen MR) is 136 cm³/mol. The van der Waals surface area contributed by atoms with Crippen LogP contribution in [0.25, 0.3) is 10.8 Å². The molecule has 7 nitrogen and oxygen atoms in total. The Labute approximate surface area is 199 Å². The highest BCUT2D eigenvalue weighted by Crippen LogP contribution is 2.22. The molecule has 0 fully saturated rings. The zero-order valence-corrected chi connectivity index (χ0v) is 19.5. The highest BCUT2D eigenvalue weighted by atomic mass is 32.2. The number of nitrogens with one attached hydrogen (secondary N) is 2. The van der Waals surface area contributed by atoms with Crippen LogP contribution in [0, 0.1) is 0 Å². The van der Waals surface area contributed by atoms with E-state index < -0.39 is 16.1 Å². The number of hydrogen-bond acceptors (Lipinski definition) is 6. The third kappa shape index (κ3) is 6.11. The molecule has 0 aliphatic heterocycles. The summed E-state index contributed by atoms with van der Waals surface area (Å²) < 4.78 is 28.3. The summed E-state index contributed by atoms with van der Waals surface area (Å²) in [5, 5.41) is 15.3. The van der Waals surface area contributed by atoms with E-state index in [0.29, 0.717) is 18.1 Å². The maximum absolute atomic E-state index is 12.8. The standard InChI is InChI=1S/C26H28N4O3S/c27-26-14-10-22(17-29-26)25(31)18-28-15-3-4-19-7-11-23(12-8-19)30-34(32,33)24-13-9-20-5-1-2-6-21(20)16-24/h1-2,5-14,16-17,25,28,30-31H,3-4,15,18H2,(H2,27,29). The van der Waals surface area contributed by atoms with Gasteiger partial charge in [-0.15, -0.1) is 0 Å². The van der Waals surface area contributed by atoms with Gasteiger partial charge in [-0.25, -0.2) is 13.4 Å². The number of nitrogens with zero attached hydrogens (tertiary/aromatic N) is 1. The first-order valence-corrected chi connectivity index (χ1v) is 12.6. The van der Waals surface area contributed by atoms with Gasteiger partial charge in [0, 0.05) is 24.0 Å². The number of nitrogens with two attached hydrogens (primary N) is 1. The number of nitrogen functional groups attached to an aromatic ring is 1. The van der Waals surface area contributed by atoms with Gasteiger partial charge >= 0.3 is 0 Å². The van der Waals surface area contributed by atoms with Crippen LogP contribution < -0.4 is 15.8 Å². The average Bonchev–Trinajstić information content (AvgIpc) is 2.84. The van der Waals surface area contributed by atoms with E-state index >= 15 is 0 Å². The van der Waals surface area contributed by atoms with E-state index in [9.17, 15) is 13.5 Å². The fourth-order valence-corrected chi connectivity index (χ4v) is 4.77. The van der Waals surface area contributed by atoms with E-state index in [1.54, 1.807) is 42.6 Å². The Hall–Kier alpha value is -3.46. The number of aryl methyl sites for hydroxylation is 1. The maximum atomic E-state index is 12.8. The van der Waals surface area contributed by atoms with Crippen LogP contribution in [0.2, 0.25) is 0 Å². The van der Waals surface area contributed by atoms with Crippen molar-refractivity contribution in [3.05, 3.63) is 96.2 Å². The van der Waals surface area contributed by atoms with Gasteiger partial charge in [0.2, 0.25) is 0 Å². The minimum absolute atomic E-state index is 0.235. The fraction of sp³-hybridized carbons (Fsp3) is 0.192. The topological polar surface area (TPSA) is 117 Å². The first-order valence-electron chi connectivity index (χ1n) is 11.1. The molecule has 4 rings (SSSR count). The van der Waals surface area contributed by atoms with E-state index in [0.717, 1.165) is 41.3 Å². The second kappa shape index (κ2) is 10.6. The number of benzene rings is 3. The number of fused-ring (bicyclic) bond motifs is 1. The molecule has 34 heavy (non-hydrogen) atoms. The Kier molecular flexibility index (Phi) is 7.42. The quantitative estimate of drug-likeness (QED) is 0.258. The van der Waals surface area contributed by atoms with Crippen LogP contribution in [0.1, 0.15) is 23.7 Å². The molecular weight excluding hydrogens is 448 g/mol. The number of rotatable bonds is 10. The Bertz CT molecular complexity index is 1340. The third-order valence-electron chi connectivity index (χ3n) is 5.59. The van der Waals surface area contributed by atoms with Crippen LogP contribution in [0.4, 0.5) is 11.5 Å². The van der Waals surface area contributed by atoms with Gasteiger partial charge in [0.15, 0.2) is 0 Å². The number of pyridine rings is 1. The van der Waals surface area contributed by atoms with Crippen molar-refractivity contribution in [2.24, 2.45) is 0 Å². The molecule has 0 radical (unpaired) electrons. The summed E-state index contributed by atoms with van der Waals surface area (Å²) in [6, 6.07) is 23.6. The van der Waals surface area contributed by atoms with Crippen LogP contribution in [0.5, 0.6) is 0 Å². The summed E-state index contributed by atoms with van der Waals surface area (Å²) in [6.45, 7) is 1.18. The average molecular weight is 477 g/mol. The zero-order valence-electron chi connectivity index (χ0n) is 18.7.